The zero-order chi connectivity index (χ0) is 14.4. The lowest BCUT2D eigenvalue weighted by Gasteiger charge is -2.16. The molecule has 0 saturated carbocycles. The molecule has 0 radical (unpaired) electrons. The highest BCUT2D eigenvalue weighted by atomic mass is 16.5. The predicted molar refractivity (Wildman–Crippen MR) is 80.2 cm³/mol. The lowest BCUT2D eigenvalue weighted by Crippen LogP contribution is -2.27. The summed E-state index contributed by atoms with van der Waals surface area (Å²) in [5, 5.41) is 7.26. The summed E-state index contributed by atoms with van der Waals surface area (Å²) in [6.07, 6.45) is -0.0215. The summed E-state index contributed by atoms with van der Waals surface area (Å²) in [5.41, 5.74) is 0.898. The van der Waals surface area contributed by atoms with Crippen LogP contribution in [0.1, 0.15) is 0 Å². The number of nitrogens with zero attached hydrogens (tertiary/aromatic N) is 2. The molecule has 0 bridgehead atoms. The Kier molecular flexibility index (Phi) is 5.09. The van der Waals surface area contributed by atoms with E-state index in [0.717, 1.165) is 16.7 Å². The van der Waals surface area contributed by atoms with Crippen molar-refractivity contribution in [2.45, 2.75) is 6.10 Å². The number of para-hydroxylation sites is 1. The average molecular weight is 276 g/mol. The van der Waals surface area contributed by atoms with E-state index in [-0.39, 0.29) is 6.10 Å². The highest BCUT2D eigenvalue weighted by Crippen LogP contribution is 2.21. The second-order valence-electron chi connectivity index (χ2n) is 4.36. The van der Waals surface area contributed by atoms with E-state index in [9.17, 15) is 0 Å². The smallest absolute Gasteiger partial charge is 0.224 e. The van der Waals surface area contributed by atoms with Gasteiger partial charge in [0.15, 0.2) is 0 Å². The number of anilines is 2. The van der Waals surface area contributed by atoms with Crippen LogP contribution in [0.3, 0.4) is 0 Å². The van der Waals surface area contributed by atoms with Crippen LogP contribution in [0.4, 0.5) is 11.8 Å². The van der Waals surface area contributed by atoms with Crippen LogP contribution < -0.4 is 10.6 Å². The minimum absolute atomic E-state index is 0.0215. The molecule has 1 aromatic heterocycles. The molecular weight excluding hydrogens is 256 g/mol. The number of methoxy groups -OCH3 is 2. The van der Waals surface area contributed by atoms with Gasteiger partial charge in [0.1, 0.15) is 5.82 Å². The third-order valence-electron chi connectivity index (χ3n) is 3.01. The van der Waals surface area contributed by atoms with Crippen molar-refractivity contribution < 1.29 is 9.47 Å². The fourth-order valence-corrected chi connectivity index (χ4v) is 1.93. The molecule has 1 atom stereocenters. The van der Waals surface area contributed by atoms with Crippen LogP contribution in [0.2, 0.25) is 0 Å². The van der Waals surface area contributed by atoms with Crippen molar-refractivity contribution in [2.75, 3.05) is 45.1 Å². The molecule has 108 valence electrons. The SMILES string of the molecule is CNc1nc(NCC(COC)OC)c2ccccc2n1. The lowest BCUT2D eigenvalue weighted by atomic mass is 10.2. The van der Waals surface area contributed by atoms with E-state index < -0.39 is 0 Å². The molecule has 20 heavy (non-hydrogen) atoms. The Labute approximate surface area is 118 Å². The first-order chi connectivity index (χ1) is 9.78. The maximum atomic E-state index is 5.33. The van der Waals surface area contributed by atoms with E-state index in [4.69, 9.17) is 9.47 Å². The molecule has 1 aromatic carbocycles. The van der Waals surface area contributed by atoms with Gasteiger partial charge in [-0.1, -0.05) is 12.1 Å². The second-order valence-corrected chi connectivity index (χ2v) is 4.36. The molecule has 0 amide bonds. The van der Waals surface area contributed by atoms with Crippen molar-refractivity contribution in [1.82, 2.24) is 9.97 Å². The Bertz CT molecular complexity index is 562. The van der Waals surface area contributed by atoms with Crippen LogP contribution in [0.25, 0.3) is 10.9 Å². The summed E-state index contributed by atoms with van der Waals surface area (Å²) >= 11 is 0. The molecule has 0 saturated heterocycles. The van der Waals surface area contributed by atoms with Crippen molar-refractivity contribution in [3.8, 4) is 0 Å². The number of ether oxygens (including phenoxy) is 2. The van der Waals surface area contributed by atoms with E-state index in [1.807, 2.05) is 24.3 Å². The van der Waals surface area contributed by atoms with Crippen molar-refractivity contribution in [3.63, 3.8) is 0 Å². The Hall–Kier alpha value is -1.92. The van der Waals surface area contributed by atoms with Gasteiger partial charge in [-0.05, 0) is 12.1 Å². The minimum atomic E-state index is -0.0215. The fraction of sp³-hybridized carbons (Fsp3) is 0.429. The van der Waals surface area contributed by atoms with E-state index in [0.29, 0.717) is 19.1 Å². The summed E-state index contributed by atoms with van der Waals surface area (Å²) < 4.78 is 10.4. The second kappa shape index (κ2) is 7.02. The Balaban J connectivity index is 2.23. The van der Waals surface area contributed by atoms with Crippen LogP contribution in [0.15, 0.2) is 24.3 Å². The zero-order valence-electron chi connectivity index (χ0n) is 12.0. The van der Waals surface area contributed by atoms with Gasteiger partial charge < -0.3 is 20.1 Å². The Morgan fingerprint density at radius 1 is 1.20 bits per heavy atom. The molecule has 0 aliphatic heterocycles. The van der Waals surface area contributed by atoms with Gasteiger partial charge in [0, 0.05) is 33.2 Å². The van der Waals surface area contributed by atoms with Crippen molar-refractivity contribution in [1.29, 1.82) is 0 Å². The van der Waals surface area contributed by atoms with E-state index >= 15 is 0 Å². The van der Waals surface area contributed by atoms with Crippen LogP contribution >= 0.6 is 0 Å². The Morgan fingerprint density at radius 3 is 2.70 bits per heavy atom. The fourth-order valence-electron chi connectivity index (χ4n) is 1.93. The van der Waals surface area contributed by atoms with Gasteiger partial charge in [-0.25, -0.2) is 4.98 Å². The van der Waals surface area contributed by atoms with Gasteiger partial charge in [-0.3, -0.25) is 0 Å². The monoisotopic (exact) mass is 276 g/mol. The molecule has 0 aliphatic rings. The van der Waals surface area contributed by atoms with Crippen LogP contribution in [0, 0.1) is 0 Å². The Morgan fingerprint density at radius 2 is 2.00 bits per heavy atom. The molecular formula is C14H20N4O2. The number of rotatable bonds is 7. The zero-order valence-corrected chi connectivity index (χ0v) is 12.0. The summed E-state index contributed by atoms with van der Waals surface area (Å²) in [6, 6.07) is 7.89. The molecule has 6 nitrogen and oxygen atoms in total. The third kappa shape index (κ3) is 3.34. The number of benzene rings is 1. The van der Waals surface area contributed by atoms with Gasteiger partial charge >= 0.3 is 0 Å². The number of nitrogens with one attached hydrogen (secondary N) is 2. The summed E-state index contributed by atoms with van der Waals surface area (Å²) in [5.74, 6) is 1.38. The molecule has 0 aliphatic carbocycles. The first kappa shape index (κ1) is 14.5. The topological polar surface area (TPSA) is 68.3 Å². The number of aromatic nitrogens is 2. The first-order valence-corrected chi connectivity index (χ1v) is 6.48. The van der Waals surface area contributed by atoms with Gasteiger partial charge in [-0.15, -0.1) is 0 Å². The molecule has 1 unspecified atom stereocenters. The van der Waals surface area contributed by atoms with Crippen LogP contribution in [-0.2, 0) is 9.47 Å². The van der Waals surface area contributed by atoms with Crippen LogP contribution in [-0.4, -0.2) is 50.5 Å². The van der Waals surface area contributed by atoms with Gasteiger partial charge in [0.25, 0.3) is 0 Å². The van der Waals surface area contributed by atoms with Gasteiger partial charge in [-0.2, -0.15) is 4.98 Å². The minimum Gasteiger partial charge on any atom is -0.382 e. The highest BCUT2D eigenvalue weighted by Gasteiger charge is 2.10. The number of fused-ring (bicyclic) bond motifs is 1. The van der Waals surface area contributed by atoms with E-state index in [1.54, 1.807) is 21.3 Å². The quantitative estimate of drug-likeness (QED) is 0.803. The summed E-state index contributed by atoms with van der Waals surface area (Å²) in [6.45, 7) is 1.15. The number of hydrogen-bond acceptors (Lipinski definition) is 6. The van der Waals surface area contributed by atoms with Gasteiger partial charge in [0.2, 0.25) is 5.95 Å². The molecule has 2 N–H and O–H groups in total. The average Bonchev–Trinajstić information content (AvgIpc) is 2.50. The first-order valence-electron chi connectivity index (χ1n) is 6.48. The predicted octanol–water partition coefficient (Wildman–Crippen LogP) is 1.74. The molecule has 1 heterocycles. The maximum absolute atomic E-state index is 5.33. The molecule has 0 fully saturated rings. The number of hydrogen-bond donors (Lipinski definition) is 2. The highest BCUT2D eigenvalue weighted by molar-refractivity contribution is 5.89. The normalized spacial score (nSPS) is 12.3. The van der Waals surface area contributed by atoms with Crippen molar-refractivity contribution in [2.24, 2.45) is 0 Å². The van der Waals surface area contributed by atoms with Crippen molar-refractivity contribution in [3.05, 3.63) is 24.3 Å². The van der Waals surface area contributed by atoms with Crippen molar-refractivity contribution >= 4 is 22.7 Å². The largest absolute Gasteiger partial charge is 0.382 e. The van der Waals surface area contributed by atoms with Crippen LogP contribution in [0.5, 0.6) is 0 Å². The standard InChI is InChI=1S/C14H20N4O2/c1-15-14-17-12-7-5-4-6-11(12)13(18-14)16-8-10(20-3)9-19-2/h4-7,10H,8-9H2,1-3H3,(H2,15,16,17,18). The summed E-state index contributed by atoms with van der Waals surface area (Å²) in [4.78, 5) is 8.88. The summed E-state index contributed by atoms with van der Waals surface area (Å²) in [7, 11) is 5.13. The van der Waals surface area contributed by atoms with E-state index in [1.165, 1.54) is 0 Å². The molecule has 2 rings (SSSR count). The third-order valence-corrected chi connectivity index (χ3v) is 3.01. The molecule has 0 spiro atoms. The lowest BCUT2D eigenvalue weighted by molar-refractivity contribution is 0.0365. The maximum Gasteiger partial charge on any atom is 0.224 e. The van der Waals surface area contributed by atoms with Gasteiger partial charge in [0.05, 0.1) is 18.2 Å². The van der Waals surface area contributed by atoms with E-state index in [2.05, 4.69) is 20.6 Å². The molecule has 6 heteroatoms. The molecule has 2 aromatic rings.